The van der Waals surface area contributed by atoms with Crippen LogP contribution < -0.4 is 0 Å². The summed E-state index contributed by atoms with van der Waals surface area (Å²) in [5, 5.41) is 10.6. The predicted octanol–water partition coefficient (Wildman–Crippen LogP) is 2.65. The standard InChI is InChI=1S/C14H18O2/c1-14(16,11-7-3-2-4-8-11)12-9-5-6-10-13(12)15/h2-4,7-8,12,16H,5-6,9-10H2,1H3. The molecule has 0 aliphatic heterocycles. The van der Waals surface area contributed by atoms with E-state index < -0.39 is 5.60 Å². The lowest BCUT2D eigenvalue weighted by molar-refractivity contribution is -0.134. The summed E-state index contributed by atoms with van der Waals surface area (Å²) in [6, 6.07) is 9.50. The molecular weight excluding hydrogens is 200 g/mol. The van der Waals surface area contributed by atoms with E-state index >= 15 is 0 Å². The summed E-state index contributed by atoms with van der Waals surface area (Å²) in [6.45, 7) is 1.76. The van der Waals surface area contributed by atoms with Gasteiger partial charge in [-0.1, -0.05) is 36.8 Å². The van der Waals surface area contributed by atoms with Crippen LogP contribution in [0.4, 0.5) is 0 Å². The summed E-state index contributed by atoms with van der Waals surface area (Å²) < 4.78 is 0. The first kappa shape index (κ1) is 11.3. The zero-order chi connectivity index (χ0) is 11.6. The number of ketones is 1. The molecular formula is C14H18O2. The van der Waals surface area contributed by atoms with E-state index in [4.69, 9.17) is 0 Å². The van der Waals surface area contributed by atoms with Crippen molar-refractivity contribution in [3.05, 3.63) is 35.9 Å². The summed E-state index contributed by atoms with van der Waals surface area (Å²) in [5.41, 5.74) is -0.172. The van der Waals surface area contributed by atoms with E-state index in [2.05, 4.69) is 0 Å². The van der Waals surface area contributed by atoms with Gasteiger partial charge in [0, 0.05) is 6.42 Å². The Hall–Kier alpha value is -1.15. The van der Waals surface area contributed by atoms with Gasteiger partial charge in [0.25, 0.3) is 0 Å². The molecule has 16 heavy (non-hydrogen) atoms. The maximum Gasteiger partial charge on any atom is 0.139 e. The van der Waals surface area contributed by atoms with Gasteiger partial charge in [0.1, 0.15) is 5.78 Å². The number of carbonyl (C=O) groups is 1. The number of rotatable bonds is 2. The Morgan fingerprint density at radius 2 is 1.94 bits per heavy atom. The van der Waals surface area contributed by atoms with Crippen LogP contribution in [0.15, 0.2) is 30.3 Å². The minimum Gasteiger partial charge on any atom is -0.385 e. The highest BCUT2D eigenvalue weighted by atomic mass is 16.3. The van der Waals surface area contributed by atoms with Crippen LogP contribution in [0, 0.1) is 5.92 Å². The molecule has 1 aliphatic carbocycles. The van der Waals surface area contributed by atoms with Crippen molar-refractivity contribution in [2.45, 2.75) is 38.2 Å². The van der Waals surface area contributed by atoms with Crippen LogP contribution in [0.5, 0.6) is 0 Å². The molecule has 0 saturated heterocycles. The molecule has 1 fully saturated rings. The molecule has 2 heteroatoms. The fourth-order valence-electron chi connectivity index (χ4n) is 2.55. The third kappa shape index (κ3) is 2.03. The molecule has 2 atom stereocenters. The third-order valence-corrected chi connectivity index (χ3v) is 3.59. The van der Waals surface area contributed by atoms with Crippen molar-refractivity contribution in [2.24, 2.45) is 5.92 Å². The van der Waals surface area contributed by atoms with Crippen LogP contribution in [0.3, 0.4) is 0 Å². The SMILES string of the molecule is CC(O)(c1ccccc1)C1CCCCC1=O. The number of aliphatic hydroxyl groups is 1. The van der Waals surface area contributed by atoms with E-state index in [9.17, 15) is 9.90 Å². The third-order valence-electron chi connectivity index (χ3n) is 3.59. The predicted molar refractivity (Wildman–Crippen MR) is 63.0 cm³/mol. The molecule has 0 bridgehead atoms. The number of hydrogen-bond acceptors (Lipinski definition) is 2. The molecule has 0 aromatic heterocycles. The van der Waals surface area contributed by atoms with E-state index in [0.29, 0.717) is 6.42 Å². The van der Waals surface area contributed by atoms with Crippen molar-refractivity contribution in [2.75, 3.05) is 0 Å². The lowest BCUT2D eigenvalue weighted by atomic mass is 9.74. The Morgan fingerprint density at radius 3 is 2.56 bits per heavy atom. The number of carbonyl (C=O) groups excluding carboxylic acids is 1. The molecule has 1 aliphatic rings. The Kier molecular flexibility index (Phi) is 3.10. The molecule has 0 heterocycles. The fourth-order valence-corrected chi connectivity index (χ4v) is 2.55. The zero-order valence-electron chi connectivity index (χ0n) is 9.65. The van der Waals surface area contributed by atoms with E-state index in [1.807, 2.05) is 30.3 Å². The molecule has 86 valence electrons. The van der Waals surface area contributed by atoms with Gasteiger partial charge in [0.05, 0.1) is 11.5 Å². The van der Waals surface area contributed by atoms with Gasteiger partial charge in [-0.3, -0.25) is 4.79 Å². The summed E-state index contributed by atoms with van der Waals surface area (Å²) in [5.74, 6) is -0.0243. The second-order valence-corrected chi connectivity index (χ2v) is 4.78. The second kappa shape index (κ2) is 4.38. The molecule has 0 amide bonds. The zero-order valence-corrected chi connectivity index (χ0v) is 9.65. The highest BCUT2D eigenvalue weighted by Crippen LogP contribution is 2.36. The van der Waals surface area contributed by atoms with Crippen molar-refractivity contribution in [3.63, 3.8) is 0 Å². The molecule has 2 rings (SSSR count). The Labute approximate surface area is 96.3 Å². The summed E-state index contributed by atoms with van der Waals surface area (Å²) in [4.78, 5) is 11.9. The number of hydrogen-bond donors (Lipinski definition) is 1. The molecule has 1 aromatic carbocycles. The minimum absolute atomic E-state index is 0.208. The summed E-state index contributed by atoms with van der Waals surface area (Å²) in [6.07, 6.45) is 3.44. The average molecular weight is 218 g/mol. The van der Waals surface area contributed by atoms with Gasteiger partial charge >= 0.3 is 0 Å². The highest BCUT2D eigenvalue weighted by Gasteiger charge is 2.39. The molecule has 1 saturated carbocycles. The van der Waals surface area contributed by atoms with Gasteiger partial charge in [-0.15, -0.1) is 0 Å². The Morgan fingerprint density at radius 1 is 1.25 bits per heavy atom. The maximum absolute atomic E-state index is 11.9. The first-order chi connectivity index (χ1) is 7.62. The number of benzene rings is 1. The van der Waals surface area contributed by atoms with Crippen molar-refractivity contribution in [1.82, 2.24) is 0 Å². The largest absolute Gasteiger partial charge is 0.385 e. The van der Waals surface area contributed by atoms with Gasteiger partial charge in [-0.2, -0.15) is 0 Å². The van der Waals surface area contributed by atoms with E-state index in [1.54, 1.807) is 6.92 Å². The van der Waals surface area contributed by atoms with Crippen LogP contribution in [-0.4, -0.2) is 10.9 Å². The lowest BCUT2D eigenvalue weighted by Crippen LogP contribution is -2.38. The van der Waals surface area contributed by atoms with Crippen LogP contribution in [0.2, 0.25) is 0 Å². The van der Waals surface area contributed by atoms with Gasteiger partial charge in [-0.25, -0.2) is 0 Å². The summed E-state index contributed by atoms with van der Waals surface area (Å²) in [7, 11) is 0. The van der Waals surface area contributed by atoms with Gasteiger partial charge in [0.2, 0.25) is 0 Å². The van der Waals surface area contributed by atoms with Gasteiger partial charge in [-0.05, 0) is 25.3 Å². The Balaban J connectivity index is 2.27. The van der Waals surface area contributed by atoms with E-state index in [-0.39, 0.29) is 11.7 Å². The topological polar surface area (TPSA) is 37.3 Å². The molecule has 0 radical (unpaired) electrons. The van der Waals surface area contributed by atoms with Crippen molar-refractivity contribution in [3.8, 4) is 0 Å². The summed E-state index contributed by atoms with van der Waals surface area (Å²) >= 11 is 0. The van der Waals surface area contributed by atoms with Crippen molar-refractivity contribution >= 4 is 5.78 Å². The molecule has 1 aromatic rings. The van der Waals surface area contributed by atoms with Gasteiger partial charge < -0.3 is 5.11 Å². The first-order valence-electron chi connectivity index (χ1n) is 5.93. The molecule has 2 unspecified atom stereocenters. The monoisotopic (exact) mass is 218 g/mol. The molecule has 0 spiro atoms. The first-order valence-corrected chi connectivity index (χ1v) is 5.93. The normalized spacial score (nSPS) is 25.1. The van der Waals surface area contributed by atoms with Crippen molar-refractivity contribution < 1.29 is 9.90 Å². The quantitative estimate of drug-likeness (QED) is 0.828. The fraction of sp³-hybridized carbons (Fsp3) is 0.500. The van der Waals surface area contributed by atoms with Crippen molar-refractivity contribution in [1.29, 1.82) is 0 Å². The smallest absolute Gasteiger partial charge is 0.139 e. The van der Waals surface area contributed by atoms with Crippen LogP contribution >= 0.6 is 0 Å². The van der Waals surface area contributed by atoms with Gasteiger partial charge in [0.15, 0.2) is 0 Å². The maximum atomic E-state index is 11.9. The van der Waals surface area contributed by atoms with E-state index in [1.165, 1.54) is 0 Å². The number of Topliss-reactive ketones (excluding diaryl/α,β-unsaturated/α-hetero) is 1. The van der Waals surface area contributed by atoms with Crippen LogP contribution in [0.1, 0.15) is 38.2 Å². The van der Waals surface area contributed by atoms with E-state index in [0.717, 1.165) is 24.8 Å². The lowest BCUT2D eigenvalue weighted by Gasteiger charge is -2.34. The van der Waals surface area contributed by atoms with Crippen LogP contribution in [0.25, 0.3) is 0 Å². The molecule has 1 N–H and O–H groups in total. The Bertz CT molecular complexity index is 368. The minimum atomic E-state index is -1.02. The average Bonchev–Trinajstić information content (AvgIpc) is 2.30. The molecule has 2 nitrogen and oxygen atoms in total. The van der Waals surface area contributed by atoms with Crippen LogP contribution in [-0.2, 0) is 10.4 Å². The highest BCUT2D eigenvalue weighted by molar-refractivity contribution is 5.83. The second-order valence-electron chi connectivity index (χ2n) is 4.78.